The average Bonchev–Trinajstić information content (AvgIpc) is 3.27. The number of halogens is 2. The quantitative estimate of drug-likeness (QED) is 0.487. The van der Waals surface area contributed by atoms with Crippen molar-refractivity contribution in [3.8, 4) is 0 Å². The first-order valence-electron chi connectivity index (χ1n) is 8.20. The van der Waals surface area contributed by atoms with Gasteiger partial charge in [-0.1, -0.05) is 41.4 Å². The van der Waals surface area contributed by atoms with Crippen LogP contribution in [0.2, 0.25) is 10.2 Å². The minimum Gasteiger partial charge on any atom is -0.337 e. The molecule has 0 radical (unpaired) electrons. The molecule has 0 bridgehead atoms. The molecule has 0 aliphatic carbocycles. The Morgan fingerprint density at radius 3 is 2.73 bits per heavy atom. The van der Waals surface area contributed by atoms with Crippen LogP contribution in [0.4, 0.5) is 0 Å². The summed E-state index contributed by atoms with van der Waals surface area (Å²) in [6.45, 7) is 0. The number of hydrogen-bond acceptors (Lipinski definition) is 4. The second-order valence-corrected chi connectivity index (χ2v) is 7.05. The molecule has 2 aromatic carbocycles. The summed E-state index contributed by atoms with van der Waals surface area (Å²) in [6, 6.07) is 15.5. The highest BCUT2D eigenvalue weighted by molar-refractivity contribution is 6.32. The Bertz CT molecular complexity index is 1150. The third kappa shape index (κ3) is 2.60. The van der Waals surface area contributed by atoms with E-state index in [1.807, 2.05) is 48.5 Å². The fourth-order valence-electron chi connectivity index (χ4n) is 3.24. The van der Waals surface area contributed by atoms with Crippen LogP contribution in [0.25, 0.3) is 21.9 Å². The molecule has 26 heavy (non-hydrogen) atoms. The molecule has 1 aliphatic rings. The van der Waals surface area contributed by atoms with Gasteiger partial charge in [-0.15, -0.1) is 0 Å². The van der Waals surface area contributed by atoms with E-state index in [4.69, 9.17) is 23.2 Å². The second kappa shape index (κ2) is 5.97. The first-order chi connectivity index (χ1) is 12.7. The van der Waals surface area contributed by atoms with Crippen LogP contribution in [-0.2, 0) is 0 Å². The highest BCUT2D eigenvalue weighted by Gasteiger charge is 2.26. The smallest absolute Gasteiger partial charge is 0.154 e. The molecule has 2 aromatic heterocycles. The summed E-state index contributed by atoms with van der Waals surface area (Å²) in [7, 11) is 0. The average molecular weight is 382 g/mol. The number of aromatic amines is 1. The number of benzene rings is 2. The van der Waals surface area contributed by atoms with Crippen molar-refractivity contribution in [3.05, 3.63) is 70.1 Å². The summed E-state index contributed by atoms with van der Waals surface area (Å²) in [5.74, 6) is 0.776. The lowest BCUT2D eigenvalue weighted by Crippen LogP contribution is -2.11. The largest absolute Gasteiger partial charge is 0.337 e. The molecule has 2 N–H and O–H groups in total. The van der Waals surface area contributed by atoms with Crippen molar-refractivity contribution < 1.29 is 0 Å². The number of rotatable bonds is 2. The molecular weight excluding hydrogens is 369 g/mol. The Labute approximate surface area is 159 Å². The van der Waals surface area contributed by atoms with Gasteiger partial charge in [0.05, 0.1) is 22.6 Å². The standard InChI is InChI=1S/C19H13Cl2N5/c20-11-6-5-10-7-12(18(21)22-15(10)8-11)16-9-17(26-25-16)19-23-13-3-1-2-4-14(13)24-19/h1-8,16,25H,9H2,(H,23,24)/t16-/m1/s1. The van der Waals surface area contributed by atoms with Gasteiger partial charge in [0, 0.05) is 22.4 Å². The fourth-order valence-corrected chi connectivity index (χ4v) is 3.68. The Hall–Kier alpha value is -2.63. The monoisotopic (exact) mass is 381 g/mol. The SMILES string of the molecule is Clc1ccc2cc([C@H]3CC(c4nc5ccccc5[nH]4)=NN3)c(Cl)nc2c1. The number of para-hydroxylation sites is 2. The van der Waals surface area contributed by atoms with Crippen molar-refractivity contribution in [2.75, 3.05) is 0 Å². The molecule has 5 nitrogen and oxygen atoms in total. The molecule has 5 rings (SSSR count). The third-order valence-electron chi connectivity index (χ3n) is 4.55. The Morgan fingerprint density at radius 1 is 0.962 bits per heavy atom. The molecule has 7 heteroatoms. The summed E-state index contributed by atoms with van der Waals surface area (Å²) in [4.78, 5) is 12.4. The number of fused-ring (bicyclic) bond motifs is 2. The number of H-pyrrole nitrogens is 1. The van der Waals surface area contributed by atoms with Gasteiger partial charge < -0.3 is 10.4 Å². The number of hydrazone groups is 1. The van der Waals surface area contributed by atoms with Crippen LogP contribution in [-0.4, -0.2) is 20.7 Å². The lowest BCUT2D eigenvalue weighted by Gasteiger charge is -2.12. The predicted molar refractivity (Wildman–Crippen MR) is 105 cm³/mol. The van der Waals surface area contributed by atoms with E-state index >= 15 is 0 Å². The number of hydrogen-bond donors (Lipinski definition) is 2. The molecule has 3 heterocycles. The van der Waals surface area contributed by atoms with Crippen LogP contribution in [0.5, 0.6) is 0 Å². The van der Waals surface area contributed by atoms with Gasteiger partial charge in [-0.05, 0) is 30.3 Å². The van der Waals surface area contributed by atoms with E-state index in [-0.39, 0.29) is 6.04 Å². The molecule has 0 fully saturated rings. The van der Waals surface area contributed by atoms with Gasteiger partial charge in [0.15, 0.2) is 5.82 Å². The molecule has 4 aromatic rings. The van der Waals surface area contributed by atoms with E-state index in [9.17, 15) is 0 Å². The first-order valence-corrected chi connectivity index (χ1v) is 8.96. The number of pyridine rings is 1. The maximum atomic E-state index is 6.43. The number of aromatic nitrogens is 3. The zero-order valence-electron chi connectivity index (χ0n) is 13.5. The molecule has 0 saturated heterocycles. The van der Waals surface area contributed by atoms with Gasteiger partial charge in [0.25, 0.3) is 0 Å². The Balaban J connectivity index is 1.47. The van der Waals surface area contributed by atoms with E-state index in [0.29, 0.717) is 16.6 Å². The summed E-state index contributed by atoms with van der Waals surface area (Å²) in [5.41, 5.74) is 7.65. The Morgan fingerprint density at radius 2 is 1.85 bits per heavy atom. The van der Waals surface area contributed by atoms with Crippen molar-refractivity contribution in [2.45, 2.75) is 12.5 Å². The summed E-state index contributed by atoms with van der Waals surface area (Å²) in [5, 5.41) is 6.55. The highest BCUT2D eigenvalue weighted by atomic mass is 35.5. The van der Waals surface area contributed by atoms with Crippen molar-refractivity contribution in [1.82, 2.24) is 20.4 Å². The van der Waals surface area contributed by atoms with Gasteiger partial charge in [0.1, 0.15) is 10.9 Å². The van der Waals surface area contributed by atoms with Crippen LogP contribution >= 0.6 is 23.2 Å². The third-order valence-corrected chi connectivity index (χ3v) is 5.09. The minimum absolute atomic E-state index is 0.0432. The van der Waals surface area contributed by atoms with Gasteiger partial charge in [-0.3, -0.25) is 0 Å². The fraction of sp³-hybridized carbons (Fsp3) is 0.105. The summed E-state index contributed by atoms with van der Waals surface area (Å²) in [6.07, 6.45) is 0.681. The van der Waals surface area contributed by atoms with Crippen LogP contribution < -0.4 is 5.43 Å². The van der Waals surface area contributed by atoms with Crippen LogP contribution in [0.1, 0.15) is 23.9 Å². The summed E-state index contributed by atoms with van der Waals surface area (Å²) >= 11 is 12.5. The van der Waals surface area contributed by atoms with E-state index in [0.717, 1.165) is 39.0 Å². The van der Waals surface area contributed by atoms with E-state index in [1.165, 1.54) is 0 Å². The zero-order chi connectivity index (χ0) is 17.7. The lowest BCUT2D eigenvalue weighted by atomic mass is 10.0. The van der Waals surface area contributed by atoms with Crippen LogP contribution in [0, 0.1) is 0 Å². The maximum Gasteiger partial charge on any atom is 0.154 e. The molecule has 0 spiro atoms. The zero-order valence-corrected chi connectivity index (χ0v) is 15.0. The van der Waals surface area contributed by atoms with Gasteiger partial charge >= 0.3 is 0 Å². The molecule has 1 aliphatic heterocycles. The molecule has 1 atom stereocenters. The normalized spacial score (nSPS) is 16.8. The van der Waals surface area contributed by atoms with E-state index in [2.05, 4.69) is 25.5 Å². The molecule has 0 saturated carbocycles. The Kier molecular flexibility index (Phi) is 3.58. The number of nitrogens with one attached hydrogen (secondary N) is 2. The van der Waals surface area contributed by atoms with Crippen molar-refractivity contribution in [1.29, 1.82) is 0 Å². The topological polar surface area (TPSA) is 66.0 Å². The predicted octanol–water partition coefficient (Wildman–Crippen LogP) is 4.86. The maximum absolute atomic E-state index is 6.43. The summed E-state index contributed by atoms with van der Waals surface area (Å²) < 4.78 is 0. The van der Waals surface area contributed by atoms with Crippen molar-refractivity contribution in [2.24, 2.45) is 5.10 Å². The van der Waals surface area contributed by atoms with Gasteiger partial charge in [-0.2, -0.15) is 5.10 Å². The van der Waals surface area contributed by atoms with E-state index < -0.39 is 0 Å². The van der Waals surface area contributed by atoms with Crippen molar-refractivity contribution >= 4 is 50.8 Å². The number of imidazole rings is 1. The molecule has 0 unspecified atom stereocenters. The lowest BCUT2D eigenvalue weighted by molar-refractivity contribution is 0.619. The van der Waals surface area contributed by atoms with Crippen LogP contribution in [0.15, 0.2) is 53.6 Å². The minimum atomic E-state index is -0.0432. The van der Waals surface area contributed by atoms with Crippen LogP contribution in [0.3, 0.4) is 0 Å². The molecular formula is C19H13Cl2N5. The van der Waals surface area contributed by atoms with E-state index in [1.54, 1.807) is 0 Å². The van der Waals surface area contributed by atoms with Crippen molar-refractivity contribution in [3.63, 3.8) is 0 Å². The van der Waals surface area contributed by atoms with Gasteiger partial charge in [-0.25, -0.2) is 9.97 Å². The molecule has 0 amide bonds. The first kappa shape index (κ1) is 15.6. The highest BCUT2D eigenvalue weighted by Crippen LogP contribution is 2.32. The second-order valence-electron chi connectivity index (χ2n) is 6.25. The number of nitrogens with zero attached hydrogens (tertiary/aromatic N) is 3. The molecule has 128 valence electrons. The van der Waals surface area contributed by atoms with Gasteiger partial charge in [0.2, 0.25) is 0 Å².